The molecule has 4 atom stereocenters. The lowest BCUT2D eigenvalue weighted by Crippen LogP contribution is -2.47. The molecule has 9 nitrogen and oxygen atoms in total. The van der Waals surface area contributed by atoms with E-state index in [1.807, 2.05) is 11.8 Å². The van der Waals surface area contributed by atoms with Gasteiger partial charge in [-0.05, 0) is 19.8 Å². The van der Waals surface area contributed by atoms with Crippen molar-refractivity contribution in [3.8, 4) is 5.82 Å². The van der Waals surface area contributed by atoms with Gasteiger partial charge >= 0.3 is 6.18 Å². The molecular formula is C22H25F4N7O2. The van der Waals surface area contributed by atoms with Crippen LogP contribution in [0.5, 0.6) is 0 Å². The molecule has 3 saturated heterocycles. The van der Waals surface area contributed by atoms with Crippen LogP contribution < -0.4 is 9.80 Å². The zero-order chi connectivity index (χ0) is 24.3. The fourth-order valence-electron chi connectivity index (χ4n) is 5.42. The van der Waals surface area contributed by atoms with E-state index in [-0.39, 0.29) is 29.2 Å². The Hall–Kier alpha value is -2.93. The number of aromatic nitrogens is 5. The number of fused-ring (bicyclic) bond motifs is 3. The number of nitrogens with zero attached hydrogens (tertiary/aromatic N) is 6. The summed E-state index contributed by atoms with van der Waals surface area (Å²) in [7, 11) is 0. The smallest absolute Gasteiger partial charge is 0.377 e. The van der Waals surface area contributed by atoms with E-state index in [9.17, 15) is 17.6 Å². The average molecular weight is 495 g/mol. The number of alkyl halides is 4. The van der Waals surface area contributed by atoms with Gasteiger partial charge in [-0.25, -0.2) is 9.37 Å². The van der Waals surface area contributed by atoms with Crippen molar-refractivity contribution in [2.45, 2.75) is 50.2 Å². The molecule has 3 aromatic rings. The Morgan fingerprint density at radius 1 is 1.14 bits per heavy atom. The number of anilines is 2. The van der Waals surface area contributed by atoms with Crippen molar-refractivity contribution < 1.29 is 27.0 Å². The SMILES string of the molecule is C[C@@H]1COCCN1c1cc(N2C3CCC2COC3)nc2c1c(C(F)C(F)(F)F)nn2-c1ccn[nH]1. The van der Waals surface area contributed by atoms with Crippen molar-refractivity contribution >= 4 is 22.5 Å². The number of nitrogens with one attached hydrogen (secondary N) is 1. The van der Waals surface area contributed by atoms with Crippen LogP contribution in [0.25, 0.3) is 16.9 Å². The Morgan fingerprint density at radius 3 is 2.57 bits per heavy atom. The van der Waals surface area contributed by atoms with Gasteiger partial charge in [-0.15, -0.1) is 0 Å². The molecule has 13 heteroatoms. The number of hydrogen-bond acceptors (Lipinski definition) is 7. The summed E-state index contributed by atoms with van der Waals surface area (Å²) in [6, 6.07) is 3.46. The minimum Gasteiger partial charge on any atom is -0.377 e. The maximum absolute atomic E-state index is 14.9. The first-order chi connectivity index (χ1) is 16.8. The van der Waals surface area contributed by atoms with Crippen molar-refractivity contribution in [3.05, 3.63) is 24.0 Å². The van der Waals surface area contributed by atoms with Gasteiger partial charge < -0.3 is 19.3 Å². The minimum absolute atomic E-state index is 0.0440. The van der Waals surface area contributed by atoms with Crippen molar-refractivity contribution in [1.82, 2.24) is 25.0 Å². The molecule has 6 rings (SSSR count). The van der Waals surface area contributed by atoms with Gasteiger partial charge in [-0.2, -0.15) is 28.1 Å². The van der Waals surface area contributed by atoms with Crippen LogP contribution in [-0.4, -0.2) is 82.2 Å². The summed E-state index contributed by atoms with van der Waals surface area (Å²) < 4.78 is 68.3. The third-order valence-electron chi connectivity index (χ3n) is 7.05. The lowest BCUT2D eigenvalue weighted by Gasteiger charge is -2.38. The van der Waals surface area contributed by atoms with Crippen LogP contribution in [0.15, 0.2) is 18.3 Å². The number of halogens is 4. The van der Waals surface area contributed by atoms with Crippen molar-refractivity contribution in [1.29, 1.82) is 0 Å². The predicted molar refractivity (Wildman–Crippen MR) is 119 cm³/mol. The zero-order valence-electron chi connectivity index (χ0n) is 19.0. The van der Waals surface area contributed by atoms with E-state index in [4.69, 9.17) is 14.5 Å². The fraction of sp³-hybridized carbons (Fsp3) is 0.591. The molecule has 0 spiro atoms. The van der Waals surface area contributed by atoms with Gasteiger partial charge in [0, 0.05) is 24.7 Å². The molecule has 0 aliphatic carbocycles. The van der Waals surface area contributed by atoms with Crippen LogP contribution in [0.1, 0.15) is 31.6 Å². The highest BCUT2D eigenvalue weighted by molar-refractivity contribution is 5.95. The van der Waals surface area contributed by atoms with Crippen molar-refractivity contribution in [2.75, 3.05) is 42.8 Å². The first-order valence-corrected chi connectivity index (χ1v) is 11.7. The first kappa shape index (κ1) is 22.5. The van der Waals surface area contributed by atoms with Gasteiger partial charge in [0.2, 0.25) is 6.17 Å². The average Bonchev–Trinajstić information content (AvgIpc) is 3.54. The highest BCUT2D eigenvalue weighted by Crippen LogP contribution is 2.44. The molecule has 0 radical (unpaired) electrons. The monoisotopic (exact) mass is 495 g/mol. The minimum atomic E-state index is -5.12. The Labute approximate surface area is 198 Å². The lowest BCUT2D eigenvalue weighted by molar-refractivity contribution is -0.183. The van der Waals surface area contributed by atoms with Gasteiger partial charge in [0.1, 0.15) is 11.5 Å². The summed E-state index contributed by atoms with van der Waals surface area (Å²) in [5.41, 5.74) is -0.0904. The largest absolute Gasteiger partial charge is 0.425 e. The molecule has 3 fully saturated rings. The summed E-state index contributed by atoms with van der Waals surface area (Å²) in [4.78, 5) is 8.95. The summed E-state index contributed by atoms with van der Waals surface area (Å²) in [6.45, 7) is 4.32. The first-order valence-electron chi connectivity index (χ1n) is 11.7. The van der Waals surface area contributed by atoms with Crippen molar-refractivity contribution in [2.24, 2.45) is 0 Å². The molecule has 2 bridgehead atoms. The maximum atomic E-state index is 14.9. The number of aromatic amines is 1. The Morgan fingerprint density at radius 2 is 1.91 bits per heavy atom. The van der Waals surface area contributed by atoms with Crippen LogP contribution in [-0.2, 0) is 9.47 Å². The molecule has 35 heavy (non-hydrogen) atoms. The molecule has 0 aromatic carbocycles. The summed E-state index contributed by atoms with van der Waals surface area (Å²) in [5.74, 6) is 0.919. The molecular weight excluding hydrogens is 470 g/mol. The number of morpholine rings is 2. The molecule has 1 N–H and O–H groups in total. The number of hydrogen-bond donors (Lipinski definition) is 1. The van der Waals surface area contributed by atoms with Crippen LogP contribution in [0.4, 0.5) is 29.1 Å². The van der Waals surface area contributed by atoms with E-state index in [0.717, 1.165) is 12.8 Å². The summed E-state index contributed by atoms with van der Waals surface area (Å²) in [6.07, 6.45) is -5.04. The third-order valence-corrected chi connectivity index (χ3v) is 7.05. The predicted octanol–water partition coefficient (Wildman–Crippen LogP) is 3.31. The van der Waals surface area contributed by atoms with Gasteiger partial charge in [-0.1, -0.05) is 0 Å². The molecule has 0 amide bonds. The second-order valence-corrected chi connectivity index (χ2v) is 9.29. The van der Waals surface area contributed by atoms with E-state index >= 15 is 0 Å². The van der Waals surface area contributed by atoms with Crippen LogP contribution >= 0.6 is 0 Å². The maximum Gasteiger partial charge on any atom is 0.425 e. The normalized spacial score (nSPS) is 26.0. The second kappa shape index (κ2) is 8.33. The van der Waals surface area contributed by atoms with E-state index in [0.29, 0.717) is 50.3 Å². The van der Waals surface area contributed by atoms with Crippen LogP contribution in [0.3, 0.4) is 0 Å². The number of rotatable bonds is 4. The van der Waals surface area contributed by atoms with Gasteiger partial charge in [0.25, 0.3) is 0 Å². The highest BCUT2D eigenvalue weighted by Gasteiger charge is 2.46. The van der Waals surface area contributed by atoms with Crippen molar-refractivity contribution in [3.63, 3.8) is 0 Å². The second-order valence-electron chi connectivity index (χ2n) is 9.29. The quantitative estimate of drug-likeness (QED) is 0.556. The number of ether oxygens (including phenoxy) is 2. The van der Waals surface area contributed by atoms with Crippen LogP contribution in [0.2, 0.25) is 0 Å². The van der Waals surface area contributed by atoms with E-state index in [2.05, 4.69) is 20.2 Å². The standard InChI is InChI=1S/C22H25F4N7O2/c1-12-9-34-7-6-31(12)15-8-17(32-13-2-3-14(32)11-35-10-13)28-21-18(15)19(20(23)22(24,25)26)30-33(21)16-4-5-27-29-16/h4-5,8,12-14,20H,2-3,6-7,9-11H2,1H3,(H,27,29)/t12-,13?,14?,20?/m1/s1. The Bertz CT molecular complexity index is 1200. The molecule has 188 valence electrons. The Balaban J connectivity index is 1.62. The van der Waals surface area contributed by atoms with E-state index in [1.165, 1.54) is 10.9 Å². The van der Waals surface area contributed by atoms with Gasteiger partial charge in [0.15, 0.2) is 11.5 Å². The summed E-state index contributed by atoms with van der Waals surface area (Å²) in [5, 5.41) is 10.8. The molecule has 3 aliphatic heterocycles. The lowest BCUT2D eigenvalue weighted by atomic mass is 10.1. The number of H-pyrrole nitrogens is 1. The molecule has 3 aliphatic rings. The molecule has 3 unspecified atom stereocenters. The highest BCUT2D eigenvalue weighted by atomic mass is 19.4. The molecule has 0 saturated carbocycles. The fourth-order valence-corrected chi connectivity index (χ4v) is 5.42. The topological polar surface area (TPSA) is 84.3 Å². The zero-order valence-corrected chi connectivity index (χ0v) is 19.0. The van der Waals surface area contributed by atoms with E-state index < -0.39 is 18.0 Å². The van der Waals surface area contributed by atoms with Gasteiger partial charge in [0.05, 0.1) is 55.8 Å². The summed E-state index contributed by atoms with van der Waals surface area (Å²) >= 11 is 0. The van der Waals surface area contributed by atoms with E-state index in [1.54, 1.807) is 12.1 Å². The van der Waals surface area contributed by atoms with Crippen LogP contribution in [0, 0.1) is 0 Å². The third kappa shape index (κ3) is 3.71. The Kier molecular flexibility index (Phi) is 5.36. The number of pyridine rings is 1. The molecule has 6 heterocycles. The van der Waals surface area contributed by atoms with Gasteiger partial charge in [-0.3, -0.25) is 5.10 Å². The molecule has 3 aromatic heterocycles.